The van der Waals surface area contributed by atoms with E-state index in [9.17, 15) is 19.1 Å². The molecule has 1 aromatic heterocycles. The third-order valence-corrected chi connectivity index (χ3v) is 5.85. The highest BCUT2D eigenvalue weighted by Crippen LogP contribution is 2.30. The van der Waals surface area contributed by atoms with Crippen molar-refractivity contribution in [2.24, 2.45) is 5.92 Å². The fourth-order valence-corrected chi connectivity index (χ4v) is 3.73. The van der Waals surface area contributed by atoms with Crippen molar-refractivity contribution >= 4 is 11.8 Å². The maximum absolute atomic E-state index is 13.4. The molecular weight excluding hydrogens is 429 g/mol. The molecular formula is C24H30FN3O5. The van der Waals surface area contributed by atoms with Crippen LogP contribution in [0.25, 0.3) is 11.1 Å². The van der Waals surface area contributed by atoms with E-state index in [1.54, 1.807) is 43.3 Å². The smallest absolute Gasteiger partial charge is 0.259 e. The summed E-state index contributed by atoms with van der Waals surface area (Å²) in [6, 6.07) is 7.16. The average molecular weight is 460 g/mol. The second-order valence-corrected chi connectivity index (χ2v) is 8.41. The minimum absolute atomic E-state index is 0.0420. The van der Waals surface area contributed by atoms with Crippen LogP contribution in [0.15, 0.2) is 36.5 Å². The molecule has 0 aliphatic carbocycles. The third-order valence-electron chi connectivity index (χ3n) is 5.85. The second kappa shape index (κ2) is 10.7. The number of fused-ring (bicyclic) bond motifs is 1. The number of aliphatic hydroxyl groups excluding tert-OH is 1. The Morgan fingerprint density at radius 3 is 2.70 bits per heavy atom. The highest BCUT2D eigenvalue weighted by Gasteiger charge is 2.34. The Balaban J connectivity index is 2.00. The molecule has 0 unspecified atom stereocenters. The predicted octanol–water partition coefficient (Wildman–Crippen LogP) is 2.21. The number of ether oxygens (including phenoxy) is 2. The van der Waals surface area contributed by atoms with E-state index in [1.807, 2.05) is 6.92 Å². The molecule has 2 amide bonds. The molecule has 9 heteroatoms. The van der Waals surface area contributed by atoms with Gasteiger partial charge in [-0.3, -0.25) is 9.59 Å². The summed E-state index contributed by atoms with van der Waals surface area (Å²) >= 11 is 0. The van der Waals surface area contributed by atoms with Crippen molar-refractivity contribution in [2.45, 2.75) is 26.0 Å². The molecule has 0 saturated heterocycles. The van der Waals surface area contributed by atoms with Gasteiger partial charge in [-0.2, -0.15) is 0 Å². The first-order valence-corrected chi connectivity index (χ1v) is 10.8. The number of carbonyl (C=O) groups excluding carboxylic acids is 2. The third kappa shape index (κ3) is 5.66. The summed E-state index contributed by atoms with van der Waals surface area (Å²) in [7, 11) is 3.13. The van der Waals surface area contributed by atoms with Gasteiger partial charge in [-0.05, 0) is 30.7 Å². The lowest BCUT2D eigenvalue weighted by Crippen LogP contribution is -2.50. The quantitative estimate of drug-likeness (QED) is 0.683. The molecule has 178 valence electrons. The van der Waals surface area contributed by atoms with Crippen molar-refractivity contribution in [1.82, 2.24) is 14.8 Å². The van der Waals surface area contributed by atoms with E-state index < -0.39 is 12.1 Å². The van der Waals surface area contributed by atoms with Gasteiger partial charge in [0.1, 0.15) is 24.1 Å². The zero-order valence-corrected chi connectivity index (χ0v) is 19.3. The van der Waals surface area contributed by atoms with Crippen LogP contribution in [0.5, 0.6) is 5.88 Å². The molecule has 8 nitrogen and oxygen atoms in total. The van der Waals surface area contributed by atoms with Crippen LogP contribution in [0.2, 0.25) is 0 Å². The maximum atomic E-state index is 13.4. The Morgan fingerprint density at radius 2 is 2.06 bits per heavy atom. The molecule has 0 fully saturated rings. The second-order valence-electron chi connectivity index (χ2n) is 8.41. The number of aliphatic hydroxyl groups is 1. The van der Waals surface area contributed by atoms with Gasteiger partial charge in [-0.25, -0.2) is 9.37 Å². The fraction of sp³-hybridized carbons (Fsp3) is 0.458. The fourth-order valence-electron chi connectivity index (χ4n) is 3.73. The largest absolute Gasteiger partial charge is 0.472 e. The number of aromatic nitrogens is 1. The molecule has 2 heterocycles. The normalized spacial score (nSPS) is 19.2. The summed E-state index contributed by atoms with van der Waals surface area (Å²) in [5.41, 5.74) is 1.60. The van der Waals surface area contributed by atoms with Crippen LogP contribution in [0.4, 0.5) is 4.39 Å². The van der Waals surface area contributed by atoms with E-state index in [0.717, 1.165) is 0 Å². The molecule has 3 atom stereocenters. The van der Waals surface area contributed by atoms with Crippen molar-refractivity contribution in [3.05, 3.63) is 47.9 Å². The molecule has 33 heavy (non-hydrogen) atoms. The van der Waals surface area contributed by atoms with Gasteiger partial charge in [0.2, 0.25) is 11.8 Å². The van der Waals surface area contributed by atoms with Gasteiger partial charge < -0.3 is 24.4 Å². The van der Waals surface area contributed by atoms with E-state index in [1.165, 1.54) is 24.1 Å². The zero-order valence-electron chi connectivity index (χ0n) is 19.3. The molecule has 1 aliphatic heterocycles. The Bertz CT molecular complexity index is 985. The van der Waals surface area contributed by atoms with E-state index in [4.69, 9.17) is 9.47 Å². The Kier molecular flexibility index (Phi) is 7.99. The predicted molar refractivity (Wildman–Crippen MR) is 120 cm³/mol. The average Bonchev–Trinajstić information content (AvgIpc) is 2.81. The van der Waals surface area contributed by atoms with Gasteiger partial charge in [0, 0.05) is 38.4 Å². The zero-order chi connectivity index (χ0) is 24.1. The monoisotopic (exact) mass is 459 g/mol. The Hall–Kier alpha value is -3.04. The van der Waals surface area contributed by atoms with Crippen molar-refractivity contribution in [3.63, 3.8) is 0 Å². The number of methoxy groups -OCH3 is 1. The van der Waals surface area contributed by atoms with Gasteiger partial charge in [-0.1, -0.05) is 19.1 Å². The maximum Gasteiger partial charge on any atom is 0.259 e. The number of amides is 2. The topological polar surface area (TPSA) is 92.2 Å². The van der Waals surface area contributed by atoms with Gasteiger partial charge in [-0.15, -0.1) is 0 Å². The Labute approximate surface area is 192 Å². The number of benzene rings is 1. The molecule has 1 aromatic carbocycles. The van der Waals surface area contributed by atoms with Gasteiger partial charge in [0.15, 0.2) is 0 Å². The summed E-state index contributed by atoms with van der Waals surface area (Å²) in [4.78, 5) is 33.2. The molecule has 0 bridgehead atoms. The molecule has 0 radical (unpaired) electrons. The van der Waals surface area contributed by atoms with E-state index in [0.29, 0.717) is 17.7 Å². The first-order chi connectivity index (χ1) is 15.7. The molecule has 0 spiro atoms. The first-order valence-electron chi connectivity index (χ1n) is 10.8. The van der Waals surface area contributed by atoms with Crippen LogP contribution >= 0.6 is 0 Å². The highest BCUT2D eigenvalue weighted by atomic mass is 19.1. The number of nitrogens with zero attached hydrogens (tertiary/aromatic N) is 3. The van der Waals surface area contributed by atoms with Gasteiger partial charge in [0.05, 0.1) is 19.2 Å². The molecule has 2 aromatic rings. The lowest BCUT2D eigenvalue weighted by Gasteiger charge is -2.37. The summed E-state index contributed by atoms with van der Waals surface area (Å²) in [6.07, 6.45) is 1.13. The summed E-state index contributed by atoms with van der Waals surface area (Å²) in [5, 5.41) is 9.76. The summed E-state index contributed by atoms with van der Waals surface area (Å²) in [6.45, 7) is 4.07. The highest BCUT2D eigenvalue weighted by molar-refractivity contribution is 5.98. The molecule has 1 N–H and O–H groups in total. The van der Waals surface area contributed by atoms with Crippen LogP contribution in [-0.2, 0) is 9.53 Å². The number of hydrogen-bond acceptors (Lipinski definition) is 6. The number of carbonyl (C=O) groups is 2. The number of halogens is 1. The standard InChI is InChI=1S/C24H30FN3O5/c1-15-11-28(16(2)13-29)24(31)20-9-18(17-5-7-19(25)8-6-17)10-26-23(20)33-21(15)12-27(3)22(30)14-32-4/h5-10,15-16,21,29H,11-14H2,1-4H3/t15-,16-,21-/m1/s1. The van der Waals surface area contributed by atoms with Crippen LogP contribution in [-0.4, -0.2) is 84.3 Å². The van der Waals surface area contributed by atoms with E-state index >= 15 is 0 Å². The summed E-state index contributed by atoms with van der Waals surface area (Å²) in [5.74, 6) is -0.842. The Morgan fingerprint density at radius 1 is 1.36 bits per heavy atom. The first kappa shape index (κ1) is 24.6. The van der Waals surface area contributed by atoms with Crippen LogP contribution in [0.3, 0.4) is 0 Å². The molecule has 1 aliphatic rings. The SMILES string of the molecule is COCC(=O)N(C)C[C@H]1Oc2ncc(-c3ccc(F)cc3)cc2C(=O)N([C@H](C)CO)C[C@H]1C. The number of pyridine rings is 1. The van der Waals surface area contributed by atoms with Crippen LogP contribution in [0, 0.1) is 11.7 Å². The lowest BCUT2D eigenvalue weighted by molar-refractivity contribution is -0.135. The number of hydrogen-bond donors (Lipinski definition) is 1. The minimum Gasteiger partial charge on any atom is -0.472 e. The van der Waals surface area contributed by atoms with Crippen molar-refractivity contribution < 1.29 is 28.6 Å². The number of likely N-dealkylation sites (N-methyl/N-ethyl adjacent to an activating group) is 1. The molecule has 3 rings (SSSR count). The van der Waals surface area contributed by atoms with Crippen LogP contribution < -0.4 is 4.74 Å². The van der Waals surface area contributed by atoms with Crippen molar-refractivity contribution in [3.8, 4) is 17.0 Å². The van der Waals surface area contributed by atoms with E-state index in [2.05, 4.69) is 4.98 Å². The van der Waals surface area contributed by atoms with Crippen LogP contribution in [0.1, 0.15) is 24.2 Å². The summed E-state index contributed by atoms with van der Waals surface area (Å²) < 4.78 is 24.5. The number of rotatable bonds is 7. The van der Waals surface area contributed by atoms with Gasteiger partial charge >= 0.3 is 0 Å². The minimum atomic E-state index is -0.444. The van der Waals surface area contributed by atoms with E-state index in [-0.39, 0.29) is 54.8 Å². The lowest BCUT2D eigenvalue weighted by atomic mass is 9.99. The van der Waals surface area contributed by atoms with Crippen molar-refractivity contribution in [2.75, 3.05) is 40.5 Å². The van der Waals surface area contributed by atoms with Crippen molar-refractivity contribution in [1.29, 1.82) is 0 Å². The van der Waals surface area contributed by atoms with Gasteiger partial charge in [0.25, 0.3) is 5.91 Å². The molecule has 0 saturated carbocycles.